The van der Waals surface area contributed by atoms with Crippen molar-refractivity contribution in [3.05, 3.63) is 47.9 Å². The molecule has 0 bridgehead atoms. The monoisotopic (exact) mass is 256 g/mol. The highest BCUT2D eigenvalue weighted by Crippen LogP contribution is 2.11. The molecule has 1 amide bonds. The quantitative estimate of drug-likeness (QED) is 0.881. The van der Waals surface area contributed by atoms with E-state index in [2.05, 4.69) is 20.6 Å². The van der Waals surface area contributed by atoms with Gasteiger partial charge in [-0.1, -0.05) is 12.1 Å². The zero-order valence-electron chi connectivity index (χ0n) is 11.0. The van der Waals surface area contributed by atoms with E-state index in [0.29, 0.717) is 11.5 Å². The van der Waals surface area contributed by atoms with Crippen LogP contribution in [0.25, 0.3) is 0 Å². The first-order valence-corrected chi connectivity index (χ1v) is 6.13. The van der Waals surface area contributed by atoms with Crippen molar-refractivity contribution in [2.24, 2.45) is 0 Å². The summed E-state index contributed by atoms with van der Waals surface area (Å²) >= 11 is 0. The Labute approximate surface area is 112 Å². The van der Waals surface area contributed by atoms with Gasteiger partial charge in [0.05, 0.1) is 12.4 Å². The second-order valence-electron chi connectivity index (χ2n) is 4.14. The third-order valence-electron chi connectivity index (χ3n) is 2.50. The van der Waals surface area contributed by atoms with Gasteiger partial charge in [0.15, 0.2) is 0 Å². The fourth-order valence-corrected chi connectivity index (χ4v) is 1.66. The summed E-state index contributed by atoms with van der Waals surface area (Å²) in [6, 6.07) is 7.61. The zero-order chi connectivity index (χ0) is 13.7. The molecule has 0 saturated heterocycles. The van der Waals surface area contributed by atoms with E-state index in [-0.39, 0.29) is 5.91 Å². The molecule has 0 radical (unpaired) electrons. The third kappa shape index (κ3) is 3.51. The number of carbonyl (C=O) groups excluding carboxylic acids is 1. The van der Waals surface area contributed by atoms with Crippen molar-refractivity contribution in [3.8, 4) is 0 Å². The number of nitrogens with one attached hydrogen (secondary N) is 2. The van der Waals surface area contributed by atoms with E-state index >= 15 is 0 Å². The van der Waals surface area contributed by atoms with E-state index in [4.69, 9.17) is 0 Å². The van der Waals surface area contributed by atoms with Gasteiger partial charge in [0.1, 0.15) is 11.5 Å². The number of carbonyl (C=O) groups is 1. The van der Waals surface area contributed by atoms with E-state index in [1.54, 1.807) is 6.20 Å². The van der Waals surface area contributed by atoms with Gasteiger partial charge in [-0.15, -0.1) is 0 Å². The molecule has 2 N–H and O–H groups in total. The second-order valence-corrected chi connectivity index (χ2v) is 4.14. The molecule has 1 aromatic heterocycles. The van der Waals surface area contributed by atoms with Gasteiger partial charge >= 0.3 is 0 Å². The average Bonchev–Trinajstić information content (AvgIpc) is 2.39. The molecular weight excluding hydrogens is 240 g/mol. The van der Waals surface area contributed by atoms with Crippen LogP contribution in [0.15, 0.2) is 36.7 Å². The molecule has 19 heavy (non-hydrogen) atoms. The molecule has 2 rings (SSSR count). The molecule has 0 fully saturated rings. The third-order valence-corrected chi connectivity index (χ3v) is 2.50. The largest absolute Gasteiger partial charge is 0.369 e. The van der Waals surface area contributed by atoms with Crippen LogP contribution in [-0.4, -0.2) is 22.4 Å². The van der Waals surface area contributed by atoms with Gasteiger partial charge in [-0.2, -0.15) is 0 Å². The Morgan fingerprint density at radius 1 is 1.32 bits per heavy atom. The van der Waals surface area contributed by atoms with Crippen molar-refractivity contribution < 1.29 is 4.79 Å². The number of anilines is 2. The van der Waals surface area contributed by atoms with Crippen molar-refractivity contribution in [2.45, 2.75) is 13.8 Å². The molecule has 98 valence electrons. The number of rotatable bonds is 4. The summed E-state index contributed by atoms with van der Waals surface area (Å²) in [7, 11) is 0. The van der Waals surface area contributed by atoms with Crippen molar-refractivity contribution in [1.82, 2.24) is 9.97 Å². The van der Waals surface area contributed by atoms with E-state index in [1.807, 2.05) is 38.1 Å². The molecule has 0 atom stereocenters. The summed E-state index contributed by atoms with van der Waals surface area (Å²) in [6.07, 6.45) is 3.04. The normalized spacial score (nSPS) is 10.0. The van der Waals surface area contributed by atoms with Crippen LogP contribution >= 0.6 is 0 Å². The fourth-order valence-electron chi connectivity index (χ4n) is 1.66. The molecule has 5 heteroatoms. The van der Waals surface area contributed by atoms with Gasteiger partial charge in [-0.05, 0) is 31.5 Å². The summed E-state index contributed by atoms with van der Waals surface area (Å²) in [5.74, 6) is 0.331. The van der Waals surface area contributed by atoms with Gasteiger partial charge < -0.3 is 10.6 Å². The number of aromatic nitrogens is 2. The minimum absolute atomic E-state index is 0.266. The lowest BCUT2D eigenvalue weighted by Gasteiger charge is -2.07. The van der Waals surface area contributed by atoms with Crippen LogP contribution in [0.5, 0.6) is 0 Å². The maximum absolute atomic E-state index is 12.0. The Morgan fingerprint density at radius 2 is 2.16 bits per heavy atom. The van der Waals surface area contributed by atoms with Crippen LogP contribution in [0.4, 0.5) is 11.5 Å². The minimum atomic E-state index is -0.266. The Hall–Kier alpha value is -2.43. The maximum Gasteiger partial charge on any atom is 0.275 e. The molecule has 5 nitrogen and oxygen atoms in total. The maximum atomic E-state index is 12.0. The topological polar surface area (TPSA) is 66.9 Å². The van der Waals surface area contributed by atoms with Crippen LogP contribution in [-0.2, 0) is 0 Å². The molecule has 0 aliphatic carbocycles. The first-order valence-electron chi connectivity index (χ1n) is 6.13. The van der Waals surface area contributed by atoms with Crippen molar-refractivity contribution in [3.63, 3.8) is 0 Å². The fraction of sp³-hybridized carbons (Fsp3) is 0.214. The van der Waals surface area contributed by atoms with Crippen LogP contribution < -0.4 is 10.6 Å². The lowest BCUT2D eigenvalue weighted by atomic mass is 10.2. The predicted octanol–water partition coefficient (Wildman–Crippen LogP) is 2.47. The van der Waals surface area contributed by atoms with E-state index in [9.17, 15) is 4.79 Å². The first kappa shape index (κ1) is 13.0. The summed E-state index contributed by atoms with van der Waals surface area (Å²) < 4.78 is 0. The van der Waals surface area contributed by atoms with Gasteiger partial charge in [0.2, 0.25) is 0 Å². The molecule has 1 heterocycles. The summed E-state index contributed by atoms with van der Waals surface area (Å²) in [4.78, 5) is 20.2. The Balaban J connectivity index is 2.13. The zero-order valence-corrected chi connectivity index (χ0v) is 11.0. The van der Waals surface area contributed by atoms with Gasteiger partial charge in [-0.25, -0.2) is 4.98 Å². The average molecular weight is 256 g/mol. The summed E-state index contributed by atoms with van der Waals surface area (Å²) in [6.45, 7) is 4.67. The van der Waals surface area contributed by atoms with Crippen molar-refractivity contribution in [1.29, 1.82) is 0 Å². The lowest BCUT2D eigenvalue weighted by Crippen LogP contribution is -2.15. The summed E-state index contributed by atoms with van der Waals surface area (Å²) in [5, 5.41) is 5.82. The van der Waals surface area contributed by atoms with Crippen LogP contribution in [0, 0.1) is 6.92 Å². The molecule has 0 aliphatic rings. The molecule has 0 aliphatic heterocycles. The predicted molar refractivity (Wildman–Crippen MR) is 75.3 cm³/mol. The van der Waals surface area contributed by atoms with Crippen molar-refractivity contribution in [2.75, 3.05) is 17.2 Å². The van der Waals surface area contributed by atoms with Gasteiger partial charge in [0.25, 0.3) is 5.91 Å². The van der Waals surface area contributed by atoms with Crippen LogP contribution in [0.1, 0.15) is 23.0 Å². The second kappa shape index (κ2) is 5.95. The molecule has 1 aromatic carbocycles. The highest BCUT2D eigenvalue weighted by atomic mass is 16.1. The first-order chi connectivity index (χ1) is 9.19. The standard InChI is InChI=1S/C14H16N4O/c1-3-16-13-9-15-8-12(18-13)14(19)17-11-6-4-5-10(2)7-11/h4-9H,3H2,1-2H3,(H,16,18)(H,17,19). The van der Waals surface area contributed by atoms with Gasteiger partial charge in [0, 0.05) is 12.2 Å². The molecule has 0 saturated carbocycles. The number of benzene rings is 1. The summed E-state index contributed by atoms with van der Waals surface area (Å²) in [5.41, 5.74) is 2.13. The SMILES string of the molecule is CCNc1cncc(C(=O)Nc2cccc(C)c2)n1. The lowest BCUT2D eigenvalue weighted by molar-refractivity contribution is 0.102. The molecule has 2 aromatic rings. The van der Waals surface area contributed by atoms with E-state index in [1.165, 1.54) is 6.20 Å². The van der Waals surface area contributed by atoms with Crippen LogP contribution in [0.2, 0.25) is 0 Å². The highest BCUT2D eigenvalue weighted by molar-refractivity contribution is 6.02. The van der Waals surface area contributed by atoms with Crippen molar-refractivity contribution >= 4 is 17.4 Å². The van der Waals surface area contributed by atoms with Gasteiger partial charge in [-0.3, -0.25) is 9.78 Å². The van der Waals surface area contributed by atoms with Crippen LogP contribution in [0.3, 0.4) is 0 Å². The molecule has 0 unspecified atom stereocenters. The van der Waals surface area contributed by atoms with E-state index < -0.39 is 0 Å². The van der Waals surface area contributed by atoms with E-state index in [0.717, 1.165) is 17.8 Å². The molecular formula is C14H16N4O. The smallest absolute Gasteiger partial charge is 0.275 e. The highest BCUT2D eigenvalue weighted by Gasteiger charge is 2.09. The molecule has 0 spiro atoms. The number of nitrogens with zero attached hydrogens (tertiary/aromatic N) is 2. The number of aryl methyl sites for hydroxylation is 1. The number of hydrogen-bond donors (Lipinski definition) is 2. The Kier molecular flexibility index (Phi) is 4.07. The minimum Gasteiger partial charge on any atom is -0.369 e. The number of amides is 1. The number of hydrogen-bond acceptors (Lipinski definition) is 4. The Morgan fingerprint density at radius 3 is 2.89 bits per heavy atom. The Bertz CT molecular complexity index is 583.